The molecule has 1 aromatic heterocycles. The first-order valence-corrected chi connectivity index (χ1v) is 6.18. The maximum Gasteiger partial charge on any atom is 0.0893 e. The van der Waals surface area contributed by atoms with Gasteiger partial charge in [-0.2, -0.15) is 0 Å². The molecular weight excluding hydrogens is 274 g/mol. The molecule has 0 aliphatic heterocycles. The summed E-state index contributed by atoms with van der Waals surface area (Å²) in [5, 5.41) is 9.23. The van der Waals surface area contributed by atoms with Crippen molar-refractivity contribution in [3.63, 3.8) is 0 Å². The molecule has 0 bridgehead atoms. The average molecular weight is 284 g/mol. The highest BCUT2D eigenvalue weighted by molar-refractivity contribution is 9.10. The van der Waals surface area contributed by atoms with Crippen LogP contribution in [-0.4, -0.2) is 9.59 Å². The van der Waals surface area contributed by atoms with E-state index in [1.165, 1.54) is 17.1 Å². The third kappa shape index (κ3) is 3.37. The van der Waals surface area contributed by atoms with E-state index >= 15 is 0 Å². The van der Waals surface area contributed by atoms with Gasteiger partial charge in [-0.05, 0) is 29.2 Å². The van der Waals surface area contributed by atoms with Crippen LogP contribution in [0.3, 0.4) is 0 Å². The number of hydrogen-bond donors (Lipinski definition) is 1. The summed E-state index contributed by atoms with van der Waals surface area (Å²) in [6.45, 7) is 1.61. The maximum atomic E-state index is 3.96. The highest BCUT2D eigenvalue weighted by atomic mass is 79.9. The smallest absolute Gasteiger partial charge is 0.0893 e. The minimum absolute atomic E-state index is 0.767. The van der Waals surface area contributed by atoms with Gasteiger partial charge in [-0.25, -0.2) is 0 Å². The van der Waals surface area contributed by atoms with Crippen molar-refractivity contribution in [2.75, 3.05) is 0 Å². The van der Waals surface area contributed by atoms with Crippen LogP contribution in [0, 0.1) is 0 Å². The minimum atomic E-state index is 0.767. The van der Waals surface area contributed by atoms with Crippen LogP contribution in [0.1, 0.15) is 11.3 Å². The number of rotatable bonds is 4. The first kappa shape index (κ1) is 10.7. The van der Waals surface area contributed by atoms with Gasteiger partial charge in [0.25, 0.3) is 0 Å². The van der Waals surface area contributed by atoms with Crippen LogP contribution in [0.4, 0.5) is 0 Å². The fraction of sp³-hybridized carbons (Fsp3) is 0.200. The molecule has 0 aliphatic rings. The molecule has 78 valence electrons. The fourth-order valence-electron chi connectivity index (χ4n) is 1.24. The van der Waals surface area contributed by atoms with E-state index in [1.54, 1.807) is 0 Å². The van der Waals surface area contributed by atoms with Crippen LogP contribution in [0.5, 0.6) is 0 Å². The molecule has 0 saturated carbocycles. The Balaban J connectivity index is 1.83. The molecule has 1 N–H and O–H groups in total. The van der Waals surface area contributed by atoms with Crippen molar-refractivity contribution in [3.05, 3.63) is 45.4 Å². The number of benzene rings is 1. The van der Waals surface area contributed by atoms with Crippen molar-refractivity contribution >= 4 is 27.5 Å². The third-order valence-electron chi connectivity index (χ3n) is 1.93. The highest BCUT2D eigenvalue weighted by Crippen LogP contribution is 2.11. The Morgan fingerprint density at radius 3 is 3.00 bits per heavy atom. The quantitative estimate of drug-likeness (QED) is 0.937. The lowest BCUT2D eigenvalue weighted by molar-refractivity contribution is 0.677. The van der Waals surface area contributed by atoms with Crippen LogP contribution in [0.15, 0.2) is 34.1 Å². The summed E-state index contributed by atoms with van der Waals surface area (Å²) in [4.78, 5) is 0. The minimum Gasteiger partial charge on any atom is -0.307 e. The zero-order chi connectivity index (χ0) is 10.5. The Hall–Kier alpha value is -0.780. The molecule has 0 saturated heterocycles. The second-order valence-electron chi connectivity index (χ2n) is 3.13. The second-order valence-corrected chi connectivity index (χ2v) is 4.66. The van der Waals surface area contributed by atoms with Crippen LogP contribution in [-0.2, 0) is 13.1 Å². The van der Waals surface area contributed by atoms with Gasteiger partial charge in [0.2, 0.25) is 0 Å². The van der Waals surface area contributed by atoms with Gasteiger partial charge < -0.3 is 5.32 Å². The normalized spacial score (nSPS) is 10.5. The molecule has 0 fully saturated rings. The van der Waals surface area contributed by atoms with Crippen molar-refractivity contribution < 1.29 is 0 Å². The van der Waals surface area contributed by atoms with Gasteiger partial charge in [0.1, 0.15) is 0 Å². The zero-order valence-corrected chi connectivity index (χ0v) is 10.4. The Morgan fingerprint density at radius 1 is 1.33 bits per heavy atom. The molecule has 0 spiro atoms. The number of nitrogens with zero attached hydrogens (tertiary/aromatic N) is 2. The van der Waals surface area contributed by atoms with Crippen molar-refractivity contribution in [2.24, 2.45) is 0 Å². The van der Waals surface area contributed by atoms with E-state index < -0.39 is 0 Å². The average Bonchev–Trinajstić information content (AvgIpc) is 2.71. The molecule has 0 atom stereocenters. The van der Waals surface area contributed by atoms with Crippen LogP contribution in [0.25, 0.3) is 0 Å². The number of aromatic nitrogens is 2. The summed E-state index contributed by atoms with van der Waals surface area (Å²) in [6.07, 6.45) is 0. The molecule has 1 heterocycles. The first-order chi connectivity index (χ1) is 7.34. The summed E-state index contributed by atoms with van der Waals surface area (Å²) in [5.41, 5.74) is 2.25. The van der Waals surface area contributed by atoms with E-state index in [2.05, 4.69) is 43.0 Å². The Kier molecular flexibility index (Phi) is 3.82. The van der Waals surface area contributed by atoms with Crippen LogP contribution >= 0.6 is 27.5 Å². The van der Waals surface area contributed by atoms with E-state index in [9.17, 15) is 0 Å². The monoisotopic (exact) mass is 283 g/mol. The van der Waals surface area contributed by atoms with Crippen molar-refractivity contribution in [1.82, 2.24) is 14.9 Å². The Morgan fingerprint density at radius 2 is 2.27 bits per heavy atom. The third-order valence-corrected chi connectivity index (χ3v) is 2.98. The van der Waals surface area contributed by atoms with Gasteiger partial charge in [-0.1, -0.05) is 32.6 Å². The Bertz CT molecular complexity index is 416. The molecule has 1 aromatic carbocycles. The van der Waals surface area contributed by atoms with Gasteiger partial charge in [0.05, 0.1) is 5.69 Å². The largest absolute Gasteiger partial charge is 0.307 e. The summed E-state index contributed by atoms with van der Waals surface area (Å²) in [5.74, 6) is 0. The van der Waals surface area contributed by atoms with Gasteiger partial charge in [-0.3, -0.25) is 0 Å². The van der Waals surface area contributed by atoms with Crippen LogP contribution in [0.2, 0.25) is 0 Å². The first-order valence-electron chi connectivity index (χ1n) is 4.56. The highest BCUT2D eigenvalue weighted by Gasteiger charge is 1.96. The predicted molar refractivity (Wildman–Crippen MR) is 64.6 cm³/mol. The van der Waals surface area contributed by atoms with E-state index in [-0.39, 0.29) is 0 Å². The molecule has 2 rings (SSSR count). The van der Waals surface area contributed by atoms with E-state index in [4.69, 9.17) is 0 Å². The number of halogens is 1. The van der Waals surface area contributed by atoms with Crippen molar-refractivity contribution in [3.8, 4) is 0 Å². The fourth-order valence-corrected chi connectivity index (χ4v) is 2.14. The Labute approximate surface area is 101 Å². The molecule has 5 heteroatoms. The van der Waals surface area contributed by atoms with Gasteiger partial charge in [0.15, 0.2) is 0 Å². The topological polar surface area (TPSA) is 37.8 Å². The summed E-state index contributed by atoms with van der Waals surface area (Å²) >= 11 is 4.82. The lowest BCUT2D eigenvalue weighted by atomic mass is 10.2. The van der Waals surface area contributed by atoms with Crippen molar-refractivity contribution in [1.29, 1.82) is 0 Å². The number of nitrogens with one attached hydrogen (secondary N) is 1. The van der Waals surface area contributed by atoms with E-state index in [0.29, 0.717) is 0 Å². The molecule has 3 nitrogen and oxygen atoms in total. The standard InChI is InChI=1S/C10H10BrN3S/c11-9-3-1-2-8(4-9)5-12-6-10-7-15-14-13-10/h1-4,7,12H,5-6H2. The predicted octanol–water partition coefficient (Wildman–Crippen LogP) is 2.59. The lowest BCUT2D eigenvalue weighted by Gasteiger charge is -2.02. The molecule has 0 unspecified atom stereocenters. The SMILES string of the molecule is Brc1cccc(CNCc2csnn2)c1. The summed E-state index contributed by atoms with van der Waals surface area (Å²) < 4.78 is 4.91. The zero-order valence-electron chi connectivity index (χ0n) is 7.98. The summed E-state index contributed by atoms with van der Waals surface area (Å²) in [6, 6.07) is 8.25. The van der Waals surface area contributed by atoms with E-state index in [0.717, 1.165) is 23.3 Å². The lowest BCUT2D eigenvalue weighted by Crippen LogP contribution is -2.12. The van der Waals surface area contributed by atoms with Gasteiger partial charge in [-0.15, -0.1) is 5.10 Å². The summed E-state index contributed by atoms with van der Waals surface area (Å²) in [7, 11) is 0. The molecule has 0 radical (unpaired) electrons. The van der Waals surface area contributed by atoms with E-state index in [1.807, 2.05) is 17.5 Å². The van der Waals surface area contributed by atoms with Crippen molar-refractivity contribution in [2.45, 2.75) is 13.1 Å². The maximum absolute atomic E-state index is 3.96. The van der Waals surface area contributed by atoms with Gasteiger partial charge >= 0.3 is 0 Å². The van der Waals surface area contributed by atoms with Crippen LogP contribution < -0.4 is 5.32 Å². The second kappa shape index (κ2) is 5.34. The molecular formula is C10H10BrN3S. The molecule has 0 amide bonds. The molecule has 0 aliphatic carbocycles. The van der Waals surface area contributed by atoms with Gasteiger partial charge in [0, 0.05) is 22.9 Å². The number of hydrogen-bond acceptors (Lipinski definition) is 4. The molecule has 15 heavy (non-hydrogen) atoms. The molecule has 2 aromatic rings.